The Balaban J connectivity index is 1.26. The maximum Gasteiger partial charge on any atom is 0.410 e. The van der Waals surface area contributed by atoms with E-state index in [4.69, 9.17) is 4.74 Å². The van der Waals surface area contributed by atoms with Crippen molar-refractivity contribution in [1.29, 1.82) is 0 Å². The molecule has 1 aromatic heterocycles. The van der Waals surface area contributed by atoms with Gasteiger partial charge in [0.2, 0.25) is 0 Å². The third-order valence-electron chi connectivity index (χ3n) is 6.57. The molecular weight excluding hydrogens is 416 g/mol. The lowest BCUT2D eigenvalue weighted by molar-refractivity contribution is -0.131. The van der Waals surface area contributed by atoms with Gasteiger partial charge in [-0.1, -0.05) is 48.5 Å². The fourth-order valence-corrected chi connectivity index (χ4v) is 4.75. The summed E-state index contributed by atoms with van der Waals surface area (Å²) in [6.07, 6.45) is 0.266. The molecule has 2 aliphatic heterocycles. The molecule has 0 radical (unpaired) electrons. The lowest BCUT2D eigenvalue weighted by Gasteiger charge is -2.42. The standard InChI is InChI=1S/C26H28N4O3/c1-27-18-30(15-19-8-4-3-5-9-19)25(31)22-16-29(13-12-24(22)27)26(32)33-17-21-14-20-10-6-7-11-23(20)28(21)2/h3-11,14H,12-13,15-18H2,1-2H3. The summed E-state index contributed by atoms with van der Waals surface area (Å²) in [5, 5.41) is 1.12. The van der Waals surface area contributed by atoms with Gasteiger partial charge < -0.3 is 24.0 Å². The van der Waals surface area contributed by atoms with Crippen molar-refractivity contribution in [2.75, 3.05) is 26.8 Å². The van der Waals surface area contributed by atoms with Gasteiger partial charge in [-0.25, -0.2) is 4.79 Å². The summed E-state index contributed by atoms with van der Waals surface area (Å²) in [6, 6.07) is 20.1. The number of ether oxygens (including phenoxy) is 1. The molecule has 0 saturated heterocycles. The van der Waals surface area contributed by atoms with Gasteiger partial charge in [0.1, 0.15) is 6.61 Å². The van der Waals surface area contributed by atoms with E-state index in [1.807, 2.05) is 84.2 Å². The highest BCUT2D eigenvalue weighted by Gasteiger charge is 2.35. The number of carbonyl (C=O) groups is 2. The predicted octanol–water partition coefficient (Wildman–Crippen LogP) is 3.71. The van der Waals surface area contributed by atoms with Crippen LogP contribution in [0.4, 0.5) is 4.79 Å². The average Bonchev–Trinajstić information content (AvgIpc) is 3.16. The van der Waals surface area contributed by atoms with Gasteiger partial charge in [-0.15, -0.1) is 0 Å². The van der Waals surface area contributed by atoms with Gasteiger partial charge in [0, 0.05) is 44.8 Å². The van der Waals surface area contributed by atoms with Gasteiger partial charge in [0.05, 0.1) is 24.5 Å². The van der Waals surface area contributed by atoms with Crippen molar-refractivity contribution in [3.8, 4) is 0 Å². The van der Waals surface area contributed by atoms with E-state index in [2.05, 4.69) is 4.90 Å². The molecule has 0 unspecified atom stereocenters. The second kappa shape index (κ2) is 8.65. The van der Waals surface area contributed by atoms with E-state index in [1.54, 1.807) is 4.90 Å². The second-order valence-electron chi connectivity index (χ2n) is 8.73. The van der Waals surface area contributed by atoms with Gasteiger partial charge in [0.25, 0.3) is 5.91 Å². The van der Waals surface area contributed by atoms with Crippen LogP contribution in [-0.2, 0) is 29.7 Å². The van der Waals surface area contributed by atoms with Crippen molar-refractivity contribution in [1.82, 2.24) is 19.3 Å². The Morgan fingerprint density at radius 1 is 1.03 bits per heavy atom. The van der Waals surface area contributed by atoms with Crippen LogP contribution in [0, 0.1) is 0 Å². The van der Waals surface area contributed by atoms with Crippen LogP contribution in [0.3, 0.4) is 0 Å². The van der Waals surface area contributed by atoms with Crippen LogP contribution in [0.2, 0.25) is 0 Å². The molecular formula is C26H28N4O3. The zero-order valence-corrected chi connectivity index (χ0v) is 19.0. The topological polar surface area (TPSA) is 58.0 Å². The van der Waals surface area contributed by atoms with Gasteiger partial charge in [-0.05, 0) is 23.1 Å². The molecule has 3 heterocycles. The Hall–Kier alpha value is -3.74. The van der Waals surface area contributed by atoms with Gasteiger partial charge in [-0.3, -0.25) is 4.79 Å². The molecule has 7 nitrogen and oxygen atoms in total. The number of aryl methyl sites for hydroxylation is 1. The number of benzene rings is 2. The van der Waals surface area contributed by atoms with E-state index in [1.165, 1.54) is 0 Å². The average molecular weight is 445 g/mol. The number of fused-ring (bicyclic) bond motifs is 1. The van der Waals surface area contributed by atoms with Gasteiger partial charge in [-0.2, -0.15) is 0 Å². The van der Waals surface area contributed by atoms with Crippen molar-refractivity contribution in [2.45, 2.75) is 19.6 Å². The zero-order valence-electron chi connectivity index (χ0n) is 19.0. The Kier molecular flexibility index (Phi) is 5.54. The van der Waals surface area contributed by atoms with E-state index in [0.717, 1.165) is 27.9 Å². The van der Waals surface area contributed by atoms with Crippen LogP contribution in [0.25, 0.3) is 10.9 Å². The number of hydrogen-bond donors (Lipinski definition) is 0. The van der Waals surface area contributed by atoms with Crippen LogP contribution < -0.4 is 0 Å². The maximum atomic E-state index is 13.3. The third-order valence-corrected chi connectivity index (χ3v) is 6.57. The molecule has 2 aromatic carbocycles. The minimum Gasteiger partial charge on any atom is -0.443 e. The van der Waals surface area contributed by atoms with Gasteiger partial charge >= 0.3 is 6.09 Å². The quantitative estimate of drug-likeness (QED) is 0.616. The summed E-state index contributed by atoms with van der Waals surface area (Å²) in [4.78, 5) is 31.7. The minimum absolute atomic E-state index is 0.00172. The molecule has 0 atom stereocenters. The molecule has 0 fully saturated rings. The monoisotopic (exact) mass is 444 g/mol. The first kappa shape index (κ1) is 21.1. The van der Waals surface area contributed by atoms with Crippen molar-refractivity contribution in [3.05, 3.63) is 83.2 Å². The Morgan fingerprint density at radius 3 is 2.58 bits per heavy atom. The molecule has 5 rings (SSSR count). The maximum absolute atomic E-state index is 13.3. The molecule has 0 N–H and O–H groups in total. The Bertz CT molecular complexity index is 1230. The Labute approximate surface area is 193 Å². The van der Waals surface area contributed by atoms with Crippen LogP contribution in [0.1, 0.15) is 17.7 Å². The van der Waals surface area contributed by atoms with Crippen LogP contribution in [0.15, 0.2) is 71.9 Å². The van der Waals surface area contributed by atoms with Crippen molar-refractivity contribution < 1.29 is 14.3 Å². The summed E-state index contributed by atoms with van der Waals surface area (Å²) in [5.74, 6) is -0.00172. The number of hydrogen-bond acceptors (Lipinski definition) is 4. The first-order chi connectivity index (χ1) is 16.0. The second-order valence-corrected chi connectivity index (χ2v) is 8.73. The van der Waals surface area contributed by atoms with E-state index in [0.29, 0.717) is 31.8 Å². The minimum atomic E-state index is -0.387. The fourth-order valence-electron chi connectivity index (χ4n) is 4.75. The number of nitrogens with zero attached hydrogens (tertiary/aromatic N) is 4. The lowest BCUT2D eigenvalue weighted by Crippen LogP contribution is -2.51. The lowest BCUT2D eigenvalue weighted by atomic mass is 10.0. The van der Waals surface area contributed by atoms with Crippen LogP contribution in [0.5, 0.6) is 0 Å². The molecule has 0 bridgehead atoms. The van der Waals surface area contributed by atoms with Crippen molar-refractivity contribution >= 4 is 22.9 Å². The fraction of sp³-hybridized carbons (Fsp3) is 0.308. The molecule has 33 heavy (non-hydrogen) atoms. The van der Waals surface area contributed by atoms with Crippen LogP contribution >= 0.6 is 0 Å². The third kappa shape index (κ3) is 4.06. The molecule has 7 heteroatoms. The molecule has 3 aromatic rings. The van der Waals surface area contributed by atoms with E-state index in [9.17, 15) is 9.59 Å². The SMILES string of the molecule is CN1CN(Cc2ccccc2)C(=O)C2=C1CCN(C(=O)OCc1cc3ccccc3n1C)C2. The largest absolute Gasteiger partial charge is 0.443 e. The highest BCUT2D eigenvalue weighted by atomic mass is 16.6. The molecule has 2 amide bonds. The van der Waals surface area contributed by atoms with E-state index >= 15 is 0 Å². The summed E-state index contributed by atoms with van der Waals surface area (Å²) in [6.45, 7) is 2.12. The number of para-hydroxylation sites is 1. The summed E-state index contributed by atoms with van der Waals surface area (Å²) >= 11 is 0. The molecule has 170 valence electrons. The summed E-state index contributed by atoms with van der Waals surface area (Å²) in [5.41, 5.74) is 4.84. The van der Waals surface area contributed by atoms with E-state index < -0.39 is 0 Å². The normalized spacial score (nSPS) is 16.4. The van der Waals surface area contributed by atoms with Crippen molar-refractivity contribution in [2.24, 2.45) is 7.05 Å². The smallest absolute Gasteiger partial charge is 0.410 e. The zero-order chi connectivity index (χ0) is 22.9. The predicted molar refractivity (Wildman–Crippen MR) is 126 cm³/mol. The van der Waals surface area contributed by atoms with Gasteiger partial charge in [0.15, 0.2) is 0 Å². The summed E-state index contributed by atoms with van der Waals surface area (Å²) < 4.78 is 7.69. The van der Waals surface area contributed by atoms with E-state index in [-0.39, 0.29) is 25.2 Å². The molecule has 0 aliphatic carbocycles. The first-order valence-corrected chi connectivity index (χ1v) is 11.2. The number of rotatable bonds is 4. The Morgan fingerprint density at radius 2 is 1.79 bits per heavy atom. The highest BCUT2D eigenvalue weighted by Crippen LogP contribution is 2.28. The molecule has 2 aliphatic rings. The van der Waals surface area contributed by atoms with Crippen molar-refractivity contribution in [3.63, 3.8) is 0 Å². The summed E-state index contributed by atoms with van der Waals surface area (Å²) in [7, 11) is 3.98. The number of amides is 2. The number of aromatic nitrogens is 1. The highest BCUT2D eigenvalue weighted by molar-refractivity contribution is 5.96. The molecule has 0 saturated carbocycles. The first-order valence-electron chi connectivity index (χ1n) is 11.2. The number of carbonyl (C=O) groups excluding carboxylic acids is 2. The molecule has 0 spiro atoms. The van der Waals surface area contributed by atoms with Crippen LogP contribution in [-0.4, -0.2) is 58.1 Å².